The van der Waals surface area contributed by atoms with E-state index in [0.717, 1.165) is 23.9 Å². The van der Waals surface area contributed by atoms with Crippen molar-refractivity contribution in [1.82, 2.24) is 5.32 Å². The van der Waals surface area contributed by atoms with Gasteiger partial charge in [-0.1, -0.05) is 0 Å². The molecule has 98 valence electrons. The molecule has 1 atom stereocenters. The molecule has 0 radical (unpaired) electrons. The van der Waals surface area contributed by atoms with Gasteiger partial charge < -0.3 is 10.4 Å². The summed E-state index contributed by atoms with van der Waals surface area (Å²) in [6.07, 6.45) is 0. The average Bonchev–Trinajstić information content (AvgIpc) is 2.30. The number of hydrogen-bond acceptors (Lipinski definition) is 3. The molecule has 1 aromatic rings. The van der Waals surface area contributed by atoms with E-state index >= 15 is 0 Å². The molecule has 0 bridgehead atoms. The van der Waals surface area contributed by atoms with E-state index in [1.807, 2.05) is 0 Å². The van der Waals surface area contributed by atoms with Crippen LogP contribution in [0.2, 0.25) is 0 Å². The van der Waals surface area contributed by atoms with Gasteiger partial charge in [-0.25, -0.2) is 8.78 Å². The summed E-state index contributed by atoms with van der Waals surface area (Å²) >= 11 is 0.993. The number of aliphatic carboxylic acids is 1. The number of carboxylic acid groups (broad SMARTS) is 1. The number of hydrogen-bond donors (Lipinski definition) is 2. The number of halogens is 2. The summed E-state index contributed by atoms with van der Waals surface area (Å²) in [6, 6.07) is 2.31. The predicted molar refractivity (Wildman–Crippen MR) is 62.3 cm³/mol. The minimum atomic E-state index is -1.14. The maximum absolute atomic E-state index is 12.9. The Bertz CT molecular complexity index is 468. The van der Waals surface area contributed by atoms with Gasteiger partial charge in [0.2, 0.25) is 5.91 Å². The van der Waals surface area contributed by atoms with Crippen LogP contribution >= 0.6 is 11.8 Å². The van der Waals surface area contributed by atoms with Gasteiger partial charge in [0, 0.05) is 4.90 Å². The zero-order chi connectivity index (χ0) is 13.7. The van der Waals surface area contributed by atoms with Crippen molar-refractivity contribution in [2.24, 2.45) is 0 Å². The molecule has 2 N–H and O–H groups in total. The second-order valence-corrected chi connectivity index (χ2v) is 4.54. The highest BCUT2D eigenvalue weighted by Crippen LogP contribution is 2.19. The summed E-state index contributed by atoms with van der Waals surface area (Å²) < 4.78 is 25.5. The first-order chi connectivity index (χ1) is 8.40. The van der Waals surface area contributed by atoms with Crippen LogP contribution in [0.1, 0.15) is 6.92 Å². The summed E-state index contributed by atoms with van der Waals surface area (Å²) in [5.41, 5.74) is 0. The van der Waals surface area contributed by atoms with Crippen molar-refractivity contribution in [3.63, 3.8) is 0 Å². The van der Waals surface area contributed by atoms with Crippen molar-refractivity contribution in [3.05, 3.63) is 29.8 Å². The van der Waals surface area contributed by atoms with Gasteiger partial charge in [0.15, 0.2) is 11.6 Å². The van der Waals surface area contributed by atoms with Crippen molar-refractivity contribution in [2.75, 3.05) is 5.75 Å². The zero-order valence-electron chi connectivity index (χ0n) is 9.44. The van der Waals surface area contributed by atoms with Crippen LogP contribution in [0.25, 0.3) is 0 Å². The Morgan fingerprint density at radius 1 is 1.39 bits per heavy atom. The molecule has 0 saturated carbocycles. The minimum absolute atomic E-state index is 0.0668. The fourth-order valence-electron chi connectivity index (χ4n) is 1.06. The van der Waals surface area contributed by atoms with Crippen molar-refractivity contribution in [3.8, 4) is 0 Å². The fraction of sp³-hybridized carbons (Fsp3) is 0.273. The number of carbonyl (C=O) groups is 2. The lowest BCUT2D eigenvalue weighted by molar-refractivity contribution is -0.140. The summed E-state index contributed by atoms with van der Waals surface area (Å²) in [5.74, 6) is -3.63. The highest BCUT2D eigenvalue weighted by atomic mass is 32.2. The maximum Gasteiger partial charge on any atom is 0.325 e. The number of rotatable bonds is 5. The van der Waals surface area contributed by atoms with Gasteiger partial charge in [-0.05, 0) is 25.1 Å². The standard InChI is InChI=1S/C11H11F2NO3S/c1-6(11(16)17)14-10(15)5-18-7-2-3-8(12)9(13)4-7/h2-4,6H,5H2,1H3,(H,14,15)(H,16,17). The molecule has 0 heterocycles. The van der Waals surface area contributed by atoms with Crippen LogP contribution in [-0.4, -0.2) is 28.8 Å². The molecule has 0 aromatic heterocycles. The number of benzene rings is 1. The molecule has 4 nitrogen and oxygen atoms in total. The number of carboxylic acids is 1. The van der Waals surface area contributed by atoms with E-state index in [2.05, 4.69) is 5.32 Å². The number of thioether (sulfide) groups is 1. The predicted octanol–water partition coefficient (Wildman–Crippen LogP) is 1.65. The van der Waals surface area contributed by atoms with Crippen LogP contribution in [-0.2, 0) is 9.59 Å². The van der Waals surface area contributed by atoms with Gasteiger partial charge in [0.25, 0.3) is 0 Å². The first-order valence-electron chi connectivity index (χ1n) is 5.00. The van der Waals surface area contributed by atoms with E-state index in [9.17, 15) is 18.4 Å². The second kappa shape index (κ2) is 6.34. The van der Waals surface area contributed by atoms with E-state index < -0.39 is 29.6 Å². The van der Waals surface area contributed by atoms with Crippen LogP contribution in [0.4, 0.5) is 8.78 Å². The molecule has 1 rings (SSSR count). The van der Waals surface area contributed by atoms with Gasteiger partial charge in [0.1, 0.15) is 6.04 Å². The SMILES string of the molecule is CC(NC(=O)CSc1ccc(F)c(F)c1)C(=O)O. The Balaban J connectivity index is 2.47. The smallest absolute Gasteiger partial charge is 0.325 e. The highest BCUT2D eigenvalue weighted by molar-refractivity contribution is 8.00. The van der Waals surface area contributed by atoms with E-state index in [1.165, 1.54) is 13.0 Å². The lowest BCUT2D eigenvalue weighted by Crippen LogP contribution is -2.39. The van der Waals surface area contributed by atoms with Crippen molar-refractivity contribution < 1.29 is 23.5 Å². The van der Waals surface area contributed by atoms with Crippen molar-refractivity contribution in [2.45, 2.75) is 17.9 Å². The molecule has 1 unspecified atom stereocenters. The molecule has 7 heteroatoms. The van der Waals surface area contributed by atoms with Crippen molar-refractivity contribution in [1.29, 1.82) is 0 Å². The molecular formula is C11H11F2NO3S. The van der Waals surface area contributed by atoms with Crippen LogP contribution < -0.4 is 5.32 Å². The van der Waals surface area contributed by atoms with Gasteiger partial charge in [0.05, 0.1) is 5.75 Å². The van der Waals surface area contributed by atoms with Gasteiger partial charge >= 0.3 is 5.97 Å². The Morgan fingerprint density at radius 2 is 2.06 bits per heavy atom. The van der Waals surface area contributed by atoms with Gasteiger partial charge in [-0.3, -0.25) is 9.59 Å². The molecule has 0 saturated heterocycles. The van der Waals surface area contributed by atoms with E-state index in [0.29, 0.717) is 4.90 Å². The largest absolute Gasteiger partial charge is 0.480 e. The van der Waals surface area contributed by atoms with Crippen LogP contribution in [0.3, 0.4) is 0 Å². The molecular weight excluding hydrogens is 264 g/mol. The van der Waals surface area contributed by atoms with Gasteiger partial charge in [-0.15, -0.1) is 11.8 Å². The summed E-state index contributed by atoms with van der Waals surface area (Å²) in [6.45, 7) is 1.34. The molecule has 0 aliphatic rings. The Morgan fingerprint density at radius 3 is 2.61 bits per heavy atom. The minimum Gasteiger partial charge on any atom is -0.480 e. The molecule has 0 aliphatic carbocycles. The summed E-state index contributed by atoms with van der Waals surface area (Å²) in [5, 5.41) is 10.8. The molecule has 0 fully saturated rings. The second-order valence-electron chi connectivity index (χ2n) is 3.49. The third-order valence-corrected chi connectivity index (χ3v) is 3.00. The third-order valence-electron chi connectivity index (χ3n) is 2.01. The normalized spacial score (nSPS) is 11.9. The lowest BCUT2D eigenvalue weighted by atomic mass is 10.3. The first kappa shape index (κ1) is 14.4. The topological polar surface area (TPSA) is 66.4 Å². The monoisotopic (exact) mass is 275 g/mol. The quantitative estimate of drug-likeness (QED) is 0.802. The lowest BCUT2D eigenvalue weighted by Gasteiger charge is -2.08. The van der Waals surface area contributed by atoms with Crippen LogP contribution in [0, 0.1) is 11.6 Å². The zero-order valence-corrected chi connectivity index (χ0v) is 10.3. The fourth-order valence-corrected chi connectivity index (χ4v) is 1.79. The summed E-state index contributed by atoms with van der Waals surface area (Å²) in [7, 11) is 0. The summed E-state index contributed by atoms with van der Waals surface area (Å²) in [4.78, 5) is 22.2. The molecule has 1 aromatic carbocycles. The number of amides is 1. The molecule has 0 spiro atoms. The van der Waals surface area contributed by atoms with Gasteiger partial charge in [-0.2, -0.15) is 0 Å². The van der Waals surface area contributed by atoms with Crippen LogP contribution in [0.5, 0.6) is 0 Å². The number of nitrogens with one attached hydrogen (secondary N) is 1. The van der Waals surface area contributed by atoms with E-state index in [-0.39, 0.29) is 5.75 Å². The van der Waals surface area contributed by atoms with Crippen molar-refractivity contribution >= 4 is 23.6 Å². The molecule has 1 amide bonds. The van der Waals surface area contributed by atoms with Crippen LogP contribution in [0.15, 0.2) is 23.1 Å². The highest BCUT2D eigenvalue weighted by Gasteiger charge is 2.14. The average molecular weight is 275 g/mol. The van der Waals surface area contributed by atoms with E-state index in [1.54, 1.807) is 0 Å². The Hall–Kier alpha value is -1.63. The van der Waals surface area contributed by atoms with E-state index in [4.69, 9.17) is 5.11 Å². The third kappa shape index (κ3) is 4.33. The Kier molecular flexibility index (Phi) is 5.08. The number of carbonyl (C=O) groups excluding carboxylic acids is 1. The maximum atomic E-state index is 12.9. The molecule has 0 aliphatic heterocycles. The Labute approximate surface area is 106 Å². The molecule has 18 heavy (non-hydrogen) atoms. The first-order valence-corrected chi connectivity index (χ1v) is 5.98.